The van der Waals surface area contributed by atoms with Crippen molar-refractivity contribution in [3.63, 3.8) is 0 Å². The molecule has 0 saturated heterocycles. The van der Waals surface area contributed by atoms with E-state index in [2.05, 4.69) is 21.3 Å². The Morgan fingerprint density at radius 2 is 1.04 bits per heavy atom. The molecule has 6 nitrogen and oxygen atoms in total. The zero-order valence-electron chi connectivity index (χ0n) is 16.6. The number of rotatable bonds is 9. The van der Waals surface area contributed by atoms with E-state index in [1.807, 2.05) is 74.5 Å². The Bertz CT molecular complexity index is 658. The molecular weight excluding hydrogens is 352 g/mol. The van der Waals surface area contributed by atoms with Crippen molar-refractivity contribution < 1.29 is 9.59 Å². The van der Waals surface area contributed by atoms with Gasteiger partial charge in [-0.1, -0.05) is 60.7 Å². The van der Waals surface area contributed by atoms with Gasteiger partial charge in [-0.25, -0.2) is 9.59 Å². The number of amides is 4. The van der Waals surface area contributed by atoms with E-state index in [4.69, 9.17) is 0 Å². The van der Waals surface area contributed by atoms with Crippen LogP contribution in [-0.4, -0.2) is 25.2 Å². The molecule has 0 aliphatic carbocycles. The Balaban J connectivity index is 1.53. The highest BCUT2D eigenvalue weighted by molar-refractivity contribution is 5.74. The van der Waals surface area contributed by atoms with Crippen molar-refractivity contribution in [1.29, 1.82) is 0 Å². The molecule has 150 valence electrons. The molecule has 0 saturated carbocycles. The van der Waals surface area contributed by atoms with E-state index in [9.17, 15) is 9.59 Å². The number of hydrogen-bond acceptors (Lipinski definition) is 2. The standard InChI is InChI=1S/C22H30N4O2/c1-17(19-11-5-3-6-12-19)25-21(27)23-15-9-10-16-24-22(28)26-18(2)20-13-7-4-8-14-20/h3-8,11-14,17-18H,9-10,15-16H2,1-2H3,(H2,23,25,27)(H2,24,26,28)/t17-,18-/m0/s1. The molecule has 0 aliphatic rings. The van der Waals surface area contributed by atoms with Gasteiger partial charge in [-0.2, -0.15) is 0 Å². The van der Waals surface area contributed by atoms with E-state index < -0.39 is 0 Å². The maximum absolute atomic E-state index is 11.9. The fourth-order valence-corrected chi connectivity index (χ4v) is 2.80. The first-order valence-electron chi connectivity index (χ1n) is 9.75. The molecule has 28 heavy (non-hydrogen) atoms. The van der Waals surface area contributed by atoms with Gasteiger partial charge in [0.15, 0.2) is 0 Å². The average Bonchev–Trinajstić information content (AvgIpc) is 2.71. The largest absolute Gasteiger partial charge is 0.338 e. The van der Waals surface area contributed by atoms with Crippen LogP contribution in [0.15, 0.2) is 60.7 Å². The Morgan fingerprint density at radius 3 is 1.39 bits per heavy atom. The number of carbonyl (C=O) groups is 2. The molecule has 0 bridgehead atoms. The molecular formula is C22H30N4O2. The van der Waals surface area contributed by atoms with Gasteiger partial charge in [0.2, 0.25) is 0 Å². The first kappa shape index (κ1) is 21.3. The number of carbonyl (C=O) groups excluding carboxylic acids is 2. The van der Waals surface area contributed by atoms with E-state index in [1.165, 1.54) is 0 Å². The Hall–Kier alpha value is -3.02. The number of unbranched alkanes of at least 4 members (excludes halogenated alkanes) is 1. The predicted molar refractivity (Wildman–Crippen MR) is 112 cm³/mol. The van der Waals surface area contributed by atoms with Crippen molar-refractivity contribution >= 4 is 12.1 Å². The third kappa shape index (κ3) is 7.70. The van der Waals surface area contributed by atoms with Crippen LogP contribution in [0.5, 0.6) is 0 Å². The van der Waals surface area contributed by atoms with Crippen LogP contribution >= 0.6 is 0 Å². The summed E-state index contributed by atoms with van der Waals surface area (Å²) in [7, 11) is 0. The molecule has 0 unspecified atom stereocenters. The number of benzene rings is 2. The summed E-state index contributed by atoms with van der Waals surface area (Å²) in [5.74, 6) is 0. The molecule has 2 atom stereocenters. The zero-order valence-corrected chi connectivity index (χ0v) is 16.6. The van der Waals surface area contributed by atoms with Crippen LogP contribution in [0.4, 0.5) is 9.59 Å². The minimum atomic E-state index is -0.182. The molecule has 0 radical (unpaired) electrons. The third-order valence-electron chi connectivity index (χ3n) is 4.47. The van der Waals surface area contributed by atoms with Gasteiger partial charge >= 0.3 is 12.1 Å². The van der Waals surface area contributed by atoms with Gasteiger partial charge in [-0.05, 0) is 37.8 Å². The van der Waals surface area contributed by atoms with Crippen LogP contribution < -0.4 is 21.3 Å². The van der Waals surface area contributed by atoms with Gasteiger partial charge in [-0.15, -0.1) is 0 Å². The summed E-state index contributed by atoms with van der Waals surface area (Å²) in [4.78, 5) is 23.8. The van der Waals surface area contributed by atoms with Crippen molar-refractivity contribution in [1.82, 2.24) is 21.3 Å². The van der Waals surface area contributed by atoms with Crippen LogP contribution in [0.3, 0.4) is 0 Å². The lowest BCUT2D eigenvalue weighted by molar-refractivity contribution is 0.235. The van der Waals surface area contributed by atoms with E-state index in [0.717, 1.165) is 24.0 Å². The topological polar surface area (TPSA) is 82.3 Å². The summed E-state index contributed by atoms with van der Waals surface area (Å²) in [5.41, 5.74) is 2.13. The fraction of sp³-hybridized carbons (Fsp3) is 0.364. The lowest BCUT2D eigenvalue weighted by Gasteiger charge is -2.16. The summed E-state index contributed by atoms with van der Waals surface area (Å²) < 4.78 is 0. The summed E-state index contributed by atoms with van der Waals surface area (Å²) >= 11 is 0. The van der Waals surface area contributed by atoms with Crippen LogP contribution in [0.2, 0.25) is 0 Å². The molecule has 4 amide bonds. The van der Waals surface area contributed by atoms with Gasteiger partial charge in [0.25, 0.3) is 0 Å². The lowest BCUT2D eigenvalue weighted by Crippen LogP contribution is -2.38. The zero-order chi connectivity index (χ0) is 20.2. The van der Waals surface area contributed by atoms with Gasteiger partial charge < -0.3 is 21.3 Å². The molecule has 0 aliphatic heterocycles. The number of hydrogen-bond donors (Lipinski definition) is 4. The molecule has 6 heteroatoms. The van der Waals surface area contributed by atoms with Crippen molar-refractivity contribution in [2.75, 3.05) is 13.1 Å². The maximum Gasteiger partial charge on any atom is 0.315 e. The molecule has 0 heterocycles. The summed E-state index contributed by atoms with van der Waals surface area (Å²) in [6.45, 7) is 5.04. The predicted octanol–water partition coefficient (Wildman–Crippen LogP) is 3.89. The fourth-order valence-electron chi connectivity index (χ4n) is 2.80. The first-order chi connectivity index (χ1) is 13.6. The van der Waals surface area contributed by atoms with Gasteiger partial charge in [0.05, 0.1) is 12.1 Å². The summed E-state index contributed by atoms with van der Waals surface area (Å²) in [5, 5.41) is 11.5. The van der Waals surface area contributed by atoms with Gasteiger partial charge in [0.1, 0.15) is 0 Å². The Labute approximate surface area is 167 Å². The van der Waals surface area contributed by atoms with Crippen LogP contribution in [-0.2, 0) is 0 Å². The van der Waals surface area contributed by atoms with Crippen LogP contribution in [0.25, 0.3) is 0 Å². The van der Waals surface area contributed by atoms with E-state index >= 15 is 0 Å². The second-order valence-corrected chi connectivity index (χ2v) is 6.77. The van der Waals surface area contributed by atoms with Crippen molar-refractivity contribution in [2.24, 2.45) is 0 Å². The molecule has 4 N–H and O–H groups in total. The molecule has 0 fully saturated rings. The highest BCUT2D eigenvalue weighted by atomic mass is 16.2. The molecule has 2 aromatic carbocycles. The van der Waals surface area contributed by atoms with Crippen molar-refractivity contribution in [3.05, 3.63) is 71.8 Å². The normalized spacial score (nSPS) is 12.5. The van der Waals surface area contributed by atoms with Crippen LogP contribution in [0, 0.1) is 0 Å². The monoisotopic (exact) mass is 382 g/mol. The van der Waals surface area contributed by atoms with Gasteiger partial charge in [-0.3, -0.25) is 0 Å². The summed E-state index contributed by atoms with van der Waals surface area (Å²) in [6.07, 6.45) is 1.59. The van der Waals surface area contributed by atoms with Crippen molar-refractivity contribution in [3.8, 4) is 0 Å². The Kier molecular flexibility index (Phi) is 8.85. The smallest absolute Gasteiger partial charge is 0.315 e. The SMILES string of the molecule is C[C@H](NC(=O)NCCCCNC(=O)N[C@@H](C)c1ccccc1)c1ccccc1. The quantitative estimate of drug-likeness (QED) is 0.496. The first-order valence-corrected chi connectivity index (χ1v) is 9.75. The highest BCUT2D eigenvalue weighted by Gasteiger charge is 2.09. The second kappa shape index (κ2) is 11.6. The van der Waals surface area contributed by atoms with E-state index in [1.54, 1.807) is 0 Å². The molecule has 2 aromatic rings. The number of nitrogens with one attached hydrogen (secondary N) is 4. The summed E-state index contributed by atoms with van der Waals surface area (Å²) in [6, 6.07) is 19.2. The Morgan fingerprint density at radius 1 is 0.679 bits per heavy atom. The maximum atomic E-state index is 11.9. The molecule has 0 aromatic heterocycles. The van der Waals surface area contributed by atoms with Crippen molar-refractivity contribution in [2.45, 2.75) is 38.8 Å². The third-order valence-corrected chi connectivity index (χ3v) is 4.47. The second-order valence-electron chi connectivity index (χ2n) is 6.77. The highest BCUT2D eigenvalue weighted by Crippen LogP contribution is 2.11. The van der Waals surface area contributed by atoms with E-state index in [0.29, 0.717) is 13.1 Å². The number of urea groups is 2. The minimum Gasteiger partial charge on any atom is -0.338 e. The minimum absolute atomic E-state index is 0.0434. The molecule has 0 spiro atoms. The van der Waals surface area contributed by atoms with E-state index in [-0.39, 0.29) is 24.1 Å². The van der Waals surface area contributed by atoms with Gasteiger partial charge in [0, 0.05) is 13.1 Å². The average molecular weight is 383 g/mol. The molecule has 2 rings (SSSR count). The lowest BCUT2D eigenvalue weighted by atomic mass is 10.1. The van der Waals surface area contributed by atoms with Crippen LogP contribution in [0.1, 0.15) is 49.9 Å².